The van der Waals surface area contributed by atoms with Gasteiger partial charge in [0.05, 0.1) is 0 Å². The number of carboxylic acids is 1. The summed E-state index contributed by atoms with van der Waals surface area (Å²) in [5.74, 6) is -0.523. The Morgan fingerprint density at radius 1 is 1.26 bits per heavy atom. The van der Waals surface area contributed by atoms with Crippen molar-refractivity contribution in [1.82, 2.24) is 4.90 Å². The Bertz CT molecular complexity index is 793. The van der Waals surface area contributed by atoms with Crippen LogP contribution in [0.4, 0.5) is 0 Å². The number of rotatable bonds is 2. The number of fused-ring (bicyclic) bond motifs is 2. The molecule has 0 radical (unpaired) electrons. The van der Waals surface area contributed by atoms with Gasteiger partial charge in [-0.2, -0.15) is 0 Å². The summed E-state index contributed by atoms with van der Waals surface area (Å²) in [5.41, 5.74) is 1.45. The van der Waals surface area contributed by atoms with Crippen molar-refractivity contribution in [3.63, 3.8) is 0 Å². The Morgan fingerprint density at radius 3 is 2.78 bits per heavy atom. The van der Waals surface area contributed by atoms with Crippen LogP contribution in [0.25, 0.3) is 11.0 Å². The lowest BCUT2D eigenvalue weighted by molar-refractivity contribution is -0.142. The highest BCUT2D eigenvalue weighted by Crippen LogP contribution is 2.43. The maximum Gasteiger partial charge on any atom is 0.326 e. The third kappa shape index (κ3) is 2.06. The summed E-state index contributed by atoms with van der Waals surface area (Å²) >= 11 is 0. The largest absolute Gasteiger partial charge is 0.480 e. The van der Waals surface area contributed by atoms with E-state index in [1.54, 1.807) is 0 Å². The smallest absolute Gasteiger partial charge is 0.326 e. The molecule has 1 saturated heterocycles. The molecule has 120 valence electrons. The number of amides is 1. The van der Waals surface area contributed by atoms with Crippen LogP contribution in [-0.2, 0) is 4.79 Å². The van der Waals surface area contributed by atoms with Crippen LogP contribution >= 0.6 is 0 Å². The number of aryl methyl sites for hydroxylation is 1. The first-order valence-corrected chi connectivity index (χ1v) is 8.10. The van der Waals surface area contributed by atoms with Crippen molar-refractivity contribution >= 4 is 22.8 Å². The van der Waals surface area contributed by atoms with Crippen molar-refractivity contribution in [2.75, 3.05) is 6.54 Å². The lowest BCUT2D eigenvalue weighted by atomic mass is 9.94. The van der Waals surface area contributed by atoms with Crippen LogP contribution in [0.1, 0.15) is 35.4 Å². The Kier molecular flexibility index (Phi) is 3.18. The minimum absolute atomic E-state index is 0.0844. The summed E-state index contributed by atoms with van der Waals surface area (Å²) < 4.78 is 5.74. The van der Waals surface area contributed by atoms with Gasteiger partial charge in [-0.3, -0.25) is 4.79 Å². The van der Waals surface area contributed by atoms with E-state index >= 15 is 0 Å². The molecule has 1 aromatic carbocycles. The van der Waals surface area contributed by atoms with Gasteiger partial charge in [0.2, 0.25) is 0 Å². The molecule has 5 heteroatoms. The zero-order chi connectivity index (χ0) is 16.1. The lowest BCUT2D eigenvalue weighted by Crippen LogP contribution is -2.43. The molecule has 0 spiro atoms. The predicted octanol–water partition coefficient (Wildman–Crippen LogP) is 3.07. The van der Waals surface area contributed by atoms with Gasteiger partial charge in [-0.05, 0) is 37.7 Å². The number of carbonyl (C=O) groups excluding carboxylic acids is 1. The Morgan fingerprint density at radius 2 is 2.04 bits per heavy atom. The fourth-order valence-electron chi connectivity index (χ4n) is 4.34. The van der Waals surface area contributed by atoms with Crippen molar-refractivity contribution in [2.24, 2.45) is 11.8 Å². The van der Waals surface area contributed by atoms with Gasteiger partial charge in [0.1, 0.15) is 11.6 Å². The van der Waals surface area contributed by atoms with E-state index in [1.165, 1.54) is 4.90 Å². The van der Waals surface area contributed by atoms with E-state index in [-0.39, 0.29) is 17.6 Å². The maximum atomic E-state index is 13.0. The van der Waals surface area contributed by atoms with Crippen molar-refractivity contribution < 1.29 is 19.1 Å². The van der Waals surface area contributed by atoms with E-state index in [9.17, 15) is 14.7 Å². The molecule has 2 aromatic rings. The molecule has 23 heavy (non-hydrogen) atoms. The number of hydrogen-bond donors (Lipinski definition) is 1. The molecule has 2 fully saturated rings. The third-order valence-corrected chi connectivity index (χ3v) is 5.44. The summed E-state index contributed by atoms with van der Waals surface area (Å²) in [5, 5.41) is 10.5. The van der Waals surface area contributed by atoms with Crippen LogP contribution in [0.3, 0.4) is 0 Å². The van der Waals surface area contributed by atoms with Gasteiger partial charge in [-0.1, -0.05) is 24.6 Å². The van der Waals surface area contributed by atoms with E-state index in [4.69, 9.17) is 4.42 Å². The van der Waals surface area contributed by atoms with Crippen molar-refractivity contribution in [2.45, 2.75) is 32.2 Å². The van der Waals surface area contributed by atoms with Gasteiger partial charge in [0.15, 0.2) is 5.76 Å². The monoisotopic (exact) mass is 313 g/mol. The lowest BCUT2D eigenvalue weighted by Gasteiger charge is -2.23. The highest BCUT2D eigenvalue weighted by molar-refractivity contribution is 6.00. The highest BCUT2D eigenvalue weighted by Gasteiger charge is 2.50. The fraction of sp³-hybridized carbons (Fsp3) is 0.444. The first-order valence-electron chi connectivity index (χ1n) is 8.10. The molecule has 3 atom stereocenters. The second-order valence-corrected chi connectivity index (χ2v) is 6.65. The van der Waals surface area contributed by atoms with Crippen LogP contribution in [0, 0.1) is 18.8 Å². The van der Waals surface area contributed by atoms with Gasteiger partial charge in [0, 0.05) is 17.5 Å². The molecule has 4 rings (SSSR count). The number of carbonyl (C=O) groups is 2. The van der Waals surface area contributed by atoms with E-state index in [2.05, 4.69) is 0 Å². The van der Waals surface area contributed by atoms with Crippen molar-refractivity contribution in [1.29, 1.82) is 0 Å². The first kappa shape index (κ1) is 14.3. The summed E-state index contributed by atoms with van der Waals surface area (Å²) in [6, 6.07) is 6.78. The summed E-state index contributed by atoms with van der Waals surface area (Å²) in [6.07, 6.45) is 2.96. The van der Waals surface area contributed by atoms with Crippen LogP contribution in [0.5, 0.6) is 0 Å². The second-order valence-electron chi connectivity index (χ2n) is 6.65. The Labute approximate surface area is 133 Å². The van der Waals surface area contributed by atoms with Crippen molar-refractivity contribution in [3.8, 4) is 0 Å². The number of furan rings is 1. The fourth-order valence-corrected chi connectivity index (χ4v) is 4.34. The van der Waals surface area contributed by atoms with E-state index in [0.717, 1.165) is 30.2 Å². The van der Waals surface area contributed by atoms with Crippen LogP contribution < -0.4 is 0 Å². The maximum absolute atomic E-state index is 13.0. The minimum Gasteiger partial charge on any atom is -0.480 e. The number of benzene rings is 1. The zero-order valence-corrected chi connectivity index (χ0v) is 13.0. The predicted molar refractivity (Wildman–Crippen MR) is 84.2 cm³/mol. The number of carboxylic acid groups (broad SMARTS) is 1. The molecule has 5 nitrogen and oxygen atoms in total. The average Bonchev–Trinajstić information content (AvgIpc) is 3.19. The molecule has 3 unspecified atom stereocenters. The molecule has 1 aliphatic heterocycles. The molecule has 1 saturated carbocycles. The quantitative estimate of drug-likeness (QED) is 0.925. The third-order valence-electron chi connectivity index (χ3n) is 5.44. The number of nitrogens with zero attached hydrogens (tertiary/aromatic N) is 1. The minimum atomic E-state index is -0.901. The molecule has 2 aliphatic rings. The van der Waals surface area contributed by atoms with Crippen LogP contribution in [0.2, 0.25) is 0 Å². The van der Waals surface area contributed by atoms with E-state index in [0.29, 0.717) is 18.0 Å². The van der Waals surface area contributed by atoms with Gasteiger partial charge < -0.3 is 14.4 Å². The standard InChI is InChI=1S/C18H19NO4/c1-10-12-6-2-3-8-14(12)23-16(10)17(20)19-9-11-5-4-7-13(11)15(19)18(21)22/h2-3,6,8,11,13,15H,4-5,7,9H2,1H3,(H,21,22). The first-order chi connectivity index (χ1) is 11.1. The number of likely N-dealkylation sites (tertiary alicyclic amines) is 1. The number of aliphatic carboxylic acids is 1. The SMILES string of the molecule is Cc1c(C(=O)N2CC3CCCC3C2C(=O)O)oc2ccccc12. The molecule has 2 heterocycles. The van der Waals surface area contributed by atoms with Gasteiger partial charge in [-0.15, -0.1) is 0 Å². The van der Waals surface area contributed by atoms with Gasteiger partial charge >= 0.3 is 5.97 Å². The second kappa shape index (κ2) is 5.11. The normalized spacial score (nSPS) is 26.7. The van der Waals surface area contributed by atoms with Gasteiger partial charge in [0.25, 0.3) is 5.91 Å². The Balaban J connectivity index is 1.72. The van der Waals surface area contributed by atoms with Crippen LogP contribution in [-0.4, -0.2) is 34.5 Å². The molecule has 0 bridgehead atoms. The topological polar surface area (TPSA) is 70.8 Å². The van der Waals surface area contributed by atoms with Gasteiger partial charge in [-0.25, -0.2) is 4.79 Å². The number of hydrogen-bond acceptors (Lipinski definition) is 3. The summed E-state index contributed by atoms with van der Waals surface area (Å²) in [7, 11) is 0. The molecular formula is C18H19NO4. The average molecular weight is 313 g/mol. The molecule has 1 aliphatic carbocycles. The Hall–Kier alpha value is -2.30. The summed E-state index contributed by atoms with van der Waals surface area (Å²) in [6.45, 7) is 2.38. The molecular weight excluding hydrogens is 294 g/mol. The molecule has 1 N–H and O–H groups in total. The number of para-hydroxylation sites is 1. The van der Waals surface area contributed by atoms with E-state index < -0.39 is 12.0 Å². The molecule has 1 amide bonds. The highest BCUT2D eigenvalue weighted by atomic mass is 16.4. The summed E-state index contributed by atoms with van der Waals surface area (Å²) in [4.78, 5) is 26.2. The molecule has 1 aromatic heterocycles. The van der Waals surface area contributed by atoms with E-state index in [1.807, 2.05) is 31.2 Å². The van der Waals surface area contributed by atoms with Crippen molar-refractivity contribution in [3.05, 3.63) is 35.6 Å². The zero-order valence-electron chi connectivity index (χ0n) is 13.0. The van der Waals surface area contributed by atoms with Crippen LogP contribution in [0.15, 0.2) is 28.7 Å².